The van der Waals surface area contributed by atoms with Gasteiger partial charge in [-0.15, -0.1) is 0 Å². The third kappa shape index (κ3) is 1.90. The van der Waals surface area contributed by atoms with Crippen LogP contribution in [0, 0.1) is 0 Å². The van der Waals surface area contributed by atoms with Gasteiger partial charge in [-0.3, -0.25) is 4.98 Å². The molecular formula is C13H13N5. The summed E-state index contributed by atoms with van der Waals surface area (Å²) < 4.78 is 1.82. The molecule has 3 heterocycles. The highest BCUT2D eigenvalue weighted by atomic mass is 15.3. The first kappa shape index (κ1) is 10.7. The lowest BCUT2D eigenvalue weighted by Gasteiger charge is -2.18. The van der Waals surface area contributed by atoms with E-state index in [1.54, 1.807) is 18.6 Å². The number of fused-ring (bicyclic) bond motifs is 1. The van der Waals surface area contributed by atoms with Gasteiger partial charge in [0, 0.05) is 38.4 Å². The van der Waals surface area contributed by atoms with Gasteiger partial charge in [-0.25, -0.2) is 9.50 Å². The van der Waals surface area contributed by atoms with Gasteiger partial charge in [0.05, 0.1) is 6.20 Å². The molecule has 0 amide bonds. The number of pyridine rings is 1. The molecule has 18 heavy (non-hydrogen) atoms. The summed E-state index contributed by atoms with van der Waals surface area (Å²) in [6, 6.07) is 5.96. The van der Waals surface area contributed by atoms with E-state index in [0.717, 1.165) is 23.4 Å². The molecule has 0 aliphatic carbocycles. The maximum atomic E-state index is 4.42. The highest BCUT2D eigenvalue weighted by molar-refractivity contribution is 5.67. The van der Waals surface area contributed by atoms with E-state index in [4.69, 9.17) is 0 Å². The highest BCUT2D eigenvalue weighted by Gasteiger charge is 2.08. The predicted molar refractivity (Wildman–Crippen MR) is 69.3 cm³/mol. The number of hydrogen-bond acceptors (Lipinski definition) is 4. The Balaban J connectivity index is 1.92. The van der Waals surface area contributed by atoms with Crippen molar-refractivity contribution in [3.05, 3.63) is 54.7 Å². The average molecular weight is 239 g/mol. The molecule has 3 aromatic heterocycles. The van der Waals surface area contributed by atoms with E-state index in [-0.39, 0.29) is 0 Å². The minimum atomic E-state index is 0.770. The standard InChI is InChI=1S/C13H13N5/c1-17(10-11-3-2-5-14-9-11)13-12-4-6-16-18(12)8-7-15-13/h2-9H,10H2,1H3. The maximum Gasteiger partial charge on any atom is 0.154 e. The molecule has 0 aliphatic heterocycles. The summed E-state index contributed by atoms with van der Waals surface area (Å²) in [6.45, 7) is 0.770. The van der Waals surface area contributed by atoms with Crippen molar-refractivity contribution in [2.45, 2.75) is 6.54 Å². The highest BCUT2D eigenvalue weighted by Crippen LogP contribution is 2.18. The monoisotopic (exact) mass is 239 g/mol. The fourth-order valence-electron chi connectivity index (χ4n) is 1.98. The van der Waals surface area contributed by atoms with Crippen LogP contribution in [-0.2, 0) is 6.54 Å². The van der Waals surface area contributed by atoms with Gasteiger partial charge in [0.2, 0.25) is 0 Å². The summed E-state index contributed by atoms with van der Waals surface area (Å²) in [5.41, 5.74) is 2.16. The van der Waals surface area contributed by atoms with Crippen molar-refractivity contribution >= 4 is 11.3 Å². The Morgan fingerprint density at radius 1 is 1.22 bits per heavy atom. The number of nitrogens with zero attached hydrogens (tertiary/aromatic N) is 5. The third-order valence-corrected chi connectivity index (χ3v) is 2.81. The van der Waals surface area contributed by atoms with Crippen molar-refractivity contribution < 1.29 is 0 Å². The summed E-state index contributed by atoms with van der Waals surface area (Å²) in [5.74, 6) is 0.916. The molecule has 3 rings (SSSR count). The van der Waals surface area contributed by atoms with Gasteiger partial charge in [0.15, 0.2) is 5.82 Å². The number of anilines is 1. The number of aromatic nitrogens is 4. The topological polar surface area (TPSA) is 46.3 Å². The molecule has 0 N–H and O–H groups in total. The van der Waals surface area contributed by atoms with Crippen LogP contribution in [0.2, 0.25) is 0 Å². The summed E-state index contributed by atoms with van der Waals surface area (Å²) in [5, 5.41) is 4.21. The zero-order valence-electron chi connectivity index (χ0n) is 10.1. The molecule has 0 atom stereocenters. The zero-order chi connectivity index (χ0) is 12.4. The molecule has 0 saturated heterocycles. The van der Waals surface area contributed by atoms with Crippen LogP contribution < -0.4 is 4.90 Å². The van der Waals surface area contributed by atoms with Crippen LogP contribution in [0.25, 0.3) is 5.52 Å². The lowest BCUT2D eigenvalue weighted by molar-refractivity contribution is 0.873. The fourth-order valence-corrected chi connectivity index (χ4v) is 1.98. The quantitative estimate of drug-likeness (QED) is 0.698. The van der Waals surface area contributed by atoms with E-state index in [9.17, 15) is 0 Å². The molecule has 0 aliphatic rings. The van der Waals surface area contributed by atoms with Crippen LogP contribution in [0.5, 0.6) is 0 Å². The Hall–Kier alpha value is -2.43. The van der Waals surface area contributed by atoms with Crippen LogP contribution in [0.15, 0.2) is 49.2 Å². The van der Waals surface area contributed by atoms with Gasteiger partial charge in [0.1, 0.15) is 5.52 Å². The lowest BCUT2D eigenvalue weighted by atomic mass is 10.2. The number of hydrogen-bond donors (Lipinski definition) is 0. The van der Waals surface area contributed by atoms with Gasteiger partial charge in [-0.1, -0.05) is 6.07 Å². The first-order chi connectivity index (χ1) is 8.84. The van der Waals surface area contributed by atoms with E-state index >= 15 is 0 Å². The van der Waals surface area contributed by atoms with E-state index in [2.05, 4.69) is 26.0 Å². The minimum absolute atomic E-state index is 0.770. The van der Waals surface area contributed by atoms with E-state index in [1.165, 1.54) is 0 Å². The second kappa shape index (κ2) is 4.44. The van der Waals surface area contributed by atoms with E-state index < -0.39 is 0 Å². The van der Waals surface area contributed by atoms with E-state index in [1.807, 2.05) is 36.1 Å². The van der Waals surface area contributed by atoms with Crippen molar-refractivity contribution in [2.75, 3.05) is 11.9 Å². The van der Waals surface area contributed by atoms with Crippen LogP contribution in [0.1, 0.15) is 5.56 Å². The van der Waals surface area contributed by atoms with Crippen LogP contribution in [-0.4, -0.2) is 26.6 Å². The molecule has 0 spiro atoms. The molecule has 0 saturated carbocycles. The van der Waals surface area contributed by atoms with Crippen LogP contribution in [0.4, 0.5) is 5.82 Å². The average Bonchev–Trinajstić information content (AvgIpc) is 2.87. The Labute approximate surface area is 105 Å². The fraction of sp³-hybridized carbons (Fsp3) is 0.154. The first-order valence-corrected chi connectivity index (χ1v) is 5.73. The molecular weight excluding hydrogens is 226 g/mol. The maximum absolute atomic E-state index is 4.42. The lowest BCUT2D eigenvalue weighted by Crippen LogP contribution is -2.18. The zero-order valence-corrected chi connectivity index (χ0v) is 10.1. The number of rotatable bonds is 3. The Morgan fingerprint density at radius 3 is 3.00 bits per heavy atom. The second-order valence-electron chi connectivity index (χ2n) is 4.13. The van der Waals surface area contributed by atoms with E-state index in [0.29, 0.717) is 0 Å². The van der Waals surface area contributed by atoms with Gasteiger partial charge in [-0.2, -0.15) is 5.10 Å². The van der Waals surface area contributed by atoms with Crippen LogP contribution >= 0.6 is 0 Å². The minimum Gasteiger partial charge on any atom is -0.354 e. The summed E-state index contributed by atoms with van der Waals surface area (Å²) >= 11 is 0. The Bertz CT molecular complexity index is 647. The molecule has 5 nitrogen and oxygen atoms in total. The summed E-state index contributed by atoms with van der Waals surface area (Å²) in [4.78, 5) is 10.6. The van der Waals surface area contributed by atoms with Crippen molar-refractivity contribution in [2.24, 2.45) is 0 Å². The molecule has 90 valence electrons. The molecule has 0 bridgehead atoms. The molecule has 0 radical (unpaired) electrons. The smallest absolute Gasteiger partial charge is 0.154 e. The van der Waals surface area contributed by atoms with Crippen LogP contribution in [0.3, 0.4) is 0 Å². The summed E-state index contributed by atoms with van der Waals surface area (Å²) in [6.07, 6.45) is 9.02. The summed E-state index contributed by atoms with van der Waals surface area (Å²) in [7, 11) is 2.02. The van der Waals surface area contributed by atoms with Crippen molar-refractivity contribution in [3.8, 4) is 0 Å². The second-order valence-corrected chi connectivity index (χ2v) is 4.13. The third-order valence-electron chi connectivity index (χ3n) is 2.81. The first-order valence-electron chi connectivity index (χ1n) is 5.73. The molecule has 0 fully saturated rings. The Kier molecular flexibility index (Phi) is 2.64. The molecule has 0 unspecified atom stereocenters. The van der Waals surface area contributed by atoms with Gasteiger partial charge in [0.25, 0.3) is 0 Å². The van der Waals surface area contributed by atoms with Crippen molar-refractivity contribution in [1.82, 2.24) is 19.6 Å². The van der Waals surface area contributed by atoms with Gasteiger partial charge in [-0.05, 0) is 17.7 Å². The molecule has 5 heteroatoms. The normalized spacial score (nSPS) is 10.7. The van der Waals surface area contributed by atoms with Crippen molar-refractivity contribution in [3.63, 3.8) is 0 Å². The Morgan fingerprint density at radius 2 is 2.17 bits per heavy atom. The van der Waals surface area contributed by atoms with Gasteiger partial charge >= 0.3 is 0 Å². The molecule has 0 aromatic carbocycles. The predicted octanol–water partition coefficient (Wildman–Crippen LogP) is 1.76. The van der Waals surface area contributed by atoms with Gasteiger partial charge < -0.3 is 4.90 Å². The molecule has 3 aromatic rings. The SMILES string of the molecule is CN(Cc1cccnc1)c1nccn2nccc12. The largest absolute Gasteiger partial charge is 0.354 e. The van der Waals surface area contributed by atoms with Crippen molar-refractivity contribution in [1.29, 1.82) is 0 Å².